The van der Waals surface area contributed by atoms with Gasteiger partial charge in [0.15, 0.2) is 0 Å². The molecule has 0 aliphatic rings. The molecule has 0 aliphatic heterocycles. The minimum Gasteiger partial charge on any atom is -0.397 e. The summed E-state index contributed by atoms with van der Waals surface area (Å²) in [7, 11) is 0. The molecule has 2 rings (SSSR count). The molecule has 68 valence electrons. The first-order chi connectivity index (χ1) is 6.81. The minimum absolute atomic E-state index is 0.509. The van der Waals surface area contributed by atoms with Crippen LogP contribution in [-0.4, -0.2) is 14.8 Å². The number of rotatable bonds is 1. The van der Waals surface area contributed by atoms with Gasteiger partial charge in [0.25, 0.3) is 0 Å². The summed E-state index contributed by atoms with van der Waals surface area (Å²) < 4.78 is 1.55. The van der Waals surface area contributed by atoms with E-state index in [0.29, 0.717) is 11.3 Å². The number of hydrogen-bond acceptors (Lipinski definition) is 4. The van der Waals surface area contributed by atoms with Gasteiger partial charge in [-0.15, -0.1) is 0 Å². The number of hydrogen-bond donors (Lipinski definition) is 1. The van der Waals surface area contributed by atoms with E-state index in [4.69, 9.17) is 11.0 Å². The van der Waals surface area contributed by atoms with Gasteiger partial charge in [0.05, 0.1) is 23.0 Å². The molecule has 0 spiro atoms. The maximum absolute atomic E-state index is 8.64. The fraction of sp³-hybridized carbons (Fsp3) is 0. The number of nitrogens with zero attached hydrogens (tertiary/aromatic N) is 4. The fourth-order valence-electron chi connectivity index (χ4n) is 1.17. The Balaban J connectivity index is 2.52. The first-order valence-corrected chi connectivity index (χ1v) is 3.96. The van der Waals surface area contributed by atoms with Crippen LogP contribution in [-0.2, 0) is 0 Å². The lowest BCUT2D eigenvalue weighted by Crippen LogP contribution is -2.00. The van der Waals surface area contributed by atoms with Crippen molar-refractivity contribution in [3.63, 3.8) is 0 Å². The Morgan fingerprint density at radius 2 is 2.29 bits per heavy atom. The van der Waals surface area contributed by atoms with Gasteiger partial charge in [-0.3, -0.25) is 0 Å². The van der Waals surface area contributed by atoms with E-state index in [1.807, 2.05) is 6.07 Å². The summed E-state index contributed by atoms with van der Waals surface area (Å²) in [5.41, 5.74) is 7.51. The Bertz CT molecular complexity index is 480. The molecular weight excluding hydrogens is 178 g/mol. The third-order valence-corrected chi connectivity index (χ3v) is 1.82. The predicted molar refractivity (Wildman–Crippen MR) is 50.5 cm³/mol. The van der Waals surface area contributed by atoms with Crippen LogP contribution in [0.5, 0.6) is 0 Å². The fourth-order valence-corrected chi connectivity index (χ4v) is 1.17. The van der Waals surface area contributed by atoms with Gasteiger partial charge in [0, 0.05) is 0 Å². The monoisotopic (exact) mass is 185 g/mol. The lowest BCUT2D eigenvalue weighted by molar-refractivity contribution is 0.881. The van der Waals surface area contributed by atoms with Crippen LogP contribution in [0.15, 0.2) is 30.9 Å². The van der Waals surface area contributed by atoms with Gasteiger partial charge >= 0.3 is 0 Å². The van der Waals surface area contributed by atoms with Crippen molar-refractivity contribution in [2.45, 2.75) is 0 Å². The van der Waals surface area contributed by atoms with Gasteiger partial charge < -0.3 is 5.73 Å². The first kappa shape index (κ1) is 8.26. The molecule has 5 heteroatoms. The Hall–Kier alpha value is -2.35. The van der Waals surface area contributed by atoms with Crippen molar-refractivity contribution in [2.75, 3.05) is 5.73 Å². The van der Waals surface area contributed by atoms with E-state index < -0.39 is 0 Å². The van der Waals surface area contributed by atoms with Gasteiger partial charge in [-0.25, -0.2) is 9.67 Å². The van der Waals surface area contributed by atoms with Crippen molar-refractivity contribution in [2.24, 2.45) is 0 Å². The third-order valence-electron chi connectivity index (χ3n) is 1.82. The van der Waals surface area contributed by atoms with E-state index in [1.165, 1.54) is 6.33 Å². The quantitative estimate of drug-likeness (QED) is 0.664. The summed E-state index contributed by atoms with van der Waals surface area (Å²) in [5.74, 6) is 0. The molecule has 5 nitrogen and oxygen atoms in total. The van der Waals surface area contributed by atoms with Crippen LogP contribution in [0.4, 0.5) is 5.69 Å². The molecule has 2 aromatic rings. The highest BCUT2D eigenvalue weighted by Crippen LogP contribution is 2.16. The van der Waals surface area contributed by atoms with Gasteiger partial charge in [-0.1, -0.05) is 0 Å². The molecule has 0 saturated heterocycles. The summed E-state index contributed by atoms with van der Waals surface area (Å²) in [6, 6.07) is 7.05. The summed E-state index contributed by atoms with van der Waals surface area (Å²) in [4.78, 5) is 3.81. The second kappa shape index (κ2) is 3.18. The van der Waals surface area contributed by atoms with E-state index >= 15 is 0 Å². The highest BCUT2D eigenvalue weighted by molar-refractivity contribution is 5.60. The topological polar surface area (TPSA) is 80.5 Å². The first-order valence-electron chi connectivity index (χ1n) is 3.96. The van der Waals surface area contributed by atoms with Crippen LogP contribution in [0.1, 0.15) is 5.56 Å². The number of nitrogen functional groups attached to an aromatic ring is 1. The zero-order valence-electron chi connectivity index (χ0n) is 7.25. The predicted octanol–water partition coefficient (Wildman–Crippen LogP) is 0.721. The standard InChI is InChI=1S/C9H7N5/c10-4-7-1-2-9(8(11)3-7)14-6-12-5-13-14/h1-3,5-6H,11H2. The van der Waals surface area contributed by atoms with E-state index in [9.17, 15) is 0 Å². The van der Waals surface area contributed by atoms with Crippen molar-refractivity contribution in [3.8, 4) is 11.8 Å². The van der Waals surface area contributed by atoms with Crippen LogP contribution in [0.3, 0.4) is 0 Å². The number of aromatic nitrogens is 3. The molecule has 1 heterocycles. The summed E-state index contributed by atoms with van der Waals surface area (Å²) in [6.07, 6.45) is 2.98. The highest BCUT2D eigenvalue weighted by atomic mass is 15.3. The van der Waals surface area contributed by atoms with Crippen molar-refractivity contribution in [1.82, 2.24) is 14.8 Å². The molecule has 0 bridgehead atoms. The van der Waals surface area contributed by atoms with E-state index in [1.54, 1.807) is 29.2 Å². The number of benzene rings is 1. The largest absolute Gasteiger partial charge is 0.397 e. The van der Waals surface area contributed by atoms with Crippen molar-refractivity contribution >= 4 is 5.69 Å². The molecule has 0 unspecified atom stereocenters. The lowest BCUT2D eigenvalue weighted by atomic mass is 10.2. The number of anilines is 1. The molecule has 0 fully saturated rings. The average molecular weight is 185 g/mol. The molecular formula is C9H7N5. The van der Waals surface area contributed by atoms with Crippen LogP contribution in [0, 0.1) is 11.3 Å². The van der Waals surface area contributed by atoms with Gasteiger partial charge in [-0.05, 0) is 18.2 Å². The Kier molecular flexibility index (Phi) is 1.88. The van der Waals surface area contributed by atoms with Crippen LogP contribution in [0.25, 0.3) is 5.69 Å². The lowest BCUT2D eigenvalue weighted by Gasteiger charge is -2.03. The molecule has 0 amide bonds. The van der Waals surface area contributed by atoms with Crippen molar-refractivity contribution in [1.29, 1.82) is 5.26 Å². The SMILES string of the molecule is N#Cc1ccc(-n2cncn2)c(N)c1. The normalized spacial score (nSPS) is 9.64. The molecule has 1 aromatic carbocycles. The van der Waals surface area contributed by atoms with Gasteiger partial charge in [0.1, 0.15) is 12.7 Å². The van der Waals surface area contributed by atoms with E-state index in [-0.39, 0.29) is 0 Å². The van der Waals surface area contributed by atoms with Crippen molar-refractivity contribution < 1.29 is 0 Å². The molecule has 0 aliphatic carbocycles. The minimum atomic E-state index is 0.509. The van der Waals surface area contributed by atoms with E-state index in [2.05, 4.69) is 10.1 Å². The molecule has 0 radical (unpaired) electrons. The van der Waals surface area contributed by atoms with Gasteiger partial charge in [-0.2, -0.15) is 10.4 Å². The highest BCUT2D eigenvalue weighted by Gasteiger charge is 2.02. The zero-order valence-corrected chi connectivity index (χ0v) is 7.25. The molecule has 14 heavy (non-hydrogen) atoms. The van der Waals surface area contributed by atoms with Crippen LogP contribution >= 0.6 is 0 Å². The summed E-state index contributed by atoms with van der Waals surface area (Å²) in [6.45, 7) is 0. The molecule has 2 N–H and O–H groups in total. The zero-order chi connectivity index (χ0) is 9.97. The van der Waals surface area contributed by atoms with Gasteiger partial charge in [0.2, 0.25) is 0 Å². The Morgan fingerprint density at radius 3 is 2.86 bits per heavy atom. The maximum atomic E-state index is 8.64. The van der Waals surface area contributed by atoms with Crippen LogP contribution in [0.2, 0.25) is 0 Å². The van der Waals surface area contributed by atoms with Crippen molar-refractivity contribution in [3.05, 3.63) is 36.4 Å². The summed E-state index contributed by atoms with van der Waals surface area (Å²) in [5, 5.41) is 12.6. The molecule has 1 aromatic heterocycles. The summed E-state index contributed by atoms with van der Waals surface area (Å²) >= 11 is 0. The van der Waals surface area contributed by atoms with E-state index in [0.717, 1.165) is 5.69 Å². The van der Waals surface area contributed by atoms with Crippen LogP contribution < -0.4 is 5.73 Å². The second-order valence-corrected chi connectivity index (χ2v) is 2.73. The molecule has 0 atom stereocenters. The maximum Gasteiger partial charge on any atom is 0.138 e. The molecule has 0 saturated carbocycles. The second-order valence-electron chi connectivity index (χ2n) is 2.73. The Morgan fingerprint density at radius 1 is 1.43 bits per heavy atom. The number of nitrogens with two attached hydrogens (primary N) is 1. The smallest absolute Gasteiger partial charge is 0.138 e. The average Bonchev–Trinajstić information content (AvgIpc) is 2.70. The number of nitriles is 1. The Labute approximate surface area is 80.4 Å². The third kappa shape index (κ3) is 1.29.